The molecule has 3 amide bonds. The average molecular weight is 655 g/mol. The van der Waals surface area contributed by atoms with Crippen molar-refractivity contribution in [3.05, 3.63) is 93.0 Å². The third-order valence-electron chi connectivity index (χ3n) is 7.49. The highest BCUT2D eigenvalue weighted by Gasteiger charge is 2.24. The van der Waals surface area contributed by atoms with E-state index in [1.54, 1.807) is 48.5 Å². The van der Waals surface area contributed by atoms with Crippen LogP contribution in [0.2, 0.25) is 10.0 Å². The smallest absolute Gasteiger partial charge is 0.337 e. The van der Waals surface area contributed by atoms with E-state index in [2.05, 4.69) is 15.5 Å². The summed E-state index contributed by atoms with van der Waals surface area (Å²) < 4.78 is 4.79. The number of carbonyl (C=O) groups is 4. The molecule has 1 aliphatic heterocycles. The van der Waals surface area contributed by atoms with Gasteiger partial charge in [0.15, 0.2) is 0 Å². The molecule has 10 nitrogen and oxygen atoms in total. The fourth-order valence-corrected chi connectivity index (χ4v) is 5.47. The summed E-state index contributed by atoms with van der Waals surface area (Å²) in [5.41, 5.74) is 2.88. The lowest BCUT2D eigenvalue weighted by Crippen LogP contribution is -2.49. The molecule has 0 spiro atoms. The molecular weight excluding hydrogens is 617 g/mol. The van der Waals surface area contributed by atoms with Crippen molar-refractivity contribution in [2.45, 2.75) is 12.8 Å². The van der Waals surface area contributed by atoms with Crippen molar-refractivity contribution in [2.24, 2.45) is 0 Å². The van der Waals surface area contributed by atoms with Gasteiger partial charge in [-0.2, -0.15) is 0 Å². The Kier molecular flexibility index (Phi) is 11.8. The van der Waals surface area contributed by atoms with E-state index < -0.39 is 11.9 Å². The molecule has 3 aromatic carbocycles. The standard InChI is InChI=1S/C33H37Cl2N5O5/c1-38(2)14-12-30(41)40-17-15-39(16-18-40)29-10-8-24(31(42)36-13-11-22-7-9-26(34)21-27(22)35)20-28(29)37-32(43)23-5-4-6-25(19-23)33(44)45-3/h4-10,19-21H,11-18H2,1-3H3,(H,36,42)(H,37,43). The number of carbonyl (C=O) groups excluding carboxylic acids is 4. The molecule has 12 heteroatoms. The predicted octanol–water partition coefficient (Wildman–Crippen LogP) is 4.61. The van der Waals surface area contributed by atoms with Crippen molar-refractivity contribution in [1.29, 1.82) is 0 Å². The summed E-state index contributed by atoms with van der Waals surface area (Å²) >= 11 is 12.3. The Bertz CT molecular complexity index is 1560. The maximum Gasteiger partial charge on any atom is 0.337 e. The van der Waals surface area contributed by atoms with Crippen molar-refractivity contribution >= 4 is 58.3 Å². The van der Waals surface area contributed by atoms with Gasteiger partial charge in [0.2, 0.25) is 5.91 Å². The zero-order chi connectivity index (χ0) is 32.5. The van der Waals surface area contributed by atoms with Crippen LogP contribution in [0.5, 0.6) is 0 Å². The van der Waals surface area contributed by atoms with Gasteiger partial charge in [0.25, 0.3) is 11.8 Å². The first kappa shape index (κ1) is 33.8. The maximum absolute atomic E-state index is 13.4. The first-order valence-corrected chi connectivity index (χ1v) is 15.3. The molecule has 0 aromatic heterocycles. The molecule has 1 saturated heterocycles. The minimum atomic E-state index is -0.554. The number of halogens is 2. The van der Waals surface area contributed by atoms with E-state index in [1.807, 2.05) is 30.0 Å². The van der Waals surface area contributed by atoms with Gasteiger partial charge in [0.05, 0.1) is 24.0 Å². The van der Waals surface area contributed by atoms with E-state index in [0.717, 1.165) is 11.3 Å². The summed E-state index contributed by atoms with van der Waals surface area (Å²) in [7, 11) is 5.15. The molecule has 238 valence electrons. The largest absolute Gasteiger partial charge is 0.465 e. The molecule has 1 fully saturated rings. The predicted molar refractivity (Wildman–Crippen MR) is 177 cm³/mol. The number of hydrogen-bond donors (Lipinski definition) is 2. The Labute approximate surface area is 273 Å². The highest BCUT2D eigenvalue weighted by atomic mass is 35.5. The van der Waals surface area contributed by atoms with Gasteiger partial charge in [-0.1, -0.05) is 35.3 Å². The lowest BCUT2D eigenvalue weighted by atomic mass is 10.1. The molecule has 0 atom stereocenters. The zero-order valence-electron chi connectivity index (χ0n) is 25.6. The summed E-state index contributed by atoms with van der Waals surface area (Å²) in [5, 5.41) is 6.91. The average Bonchev–Trinajstić information content (AvgIpc) is 3.04. The van der Waals surface area contributed by atoms with E-state index in [0.29, 0.717) is 73.4 Å². The summed E-state index contributed by atoms with van der Waals surface area (Å²) in [6, 6.07) is 16.6. The topological polar surface area (TPSA) is 111 Å². The molecule has 1 heterocycles. The SMILES string of the molecule is COC(=O)c1cccc(C(=O)Nc2cc(C(=O)NCCc3ccc(Cl)cc3Cl)ccc2N2CCN(C(=O)CCN(C)C)CC2)c1. The van der Waals surface area contributed by atoms with Gasteiger partial charge in [0, 0.05) is 66.9 Å². The van der Waals surface area contributed by atoms with E-state index in [4.69, 9.17) is 27.9 Å². The Balaban J connectivity index is 1.52. The molecule has 0 unspecified atom stereocenters. The van der Waals surface area contributed by atoms with Crippen LogP contribution in [0.1, 0.15) is 43.1 Å². The van der Waals surface area contributed by atoms with E-state index >= 15 is 0 Å². The Morgan fingerprint density at radius 1 is 0.867 bits per heavy atom. The van der Waals surface area contributed by atoms with Crippen LogP contribution in [0.4, 0.5) is 11.4 Å². The van der Waals surface area contributed by atoms with Crippen molar-refractivity contribution in [3.8, 4) is 0 Å². The monoisotopic (exact) mass is 653 g/mol. The second-order valence-corrected chi connectivity index (χ2v) is 11.8. The normalized spacial score (nSPS) is 13.0. The summed E-state index contributed by atoms with van der Waals surface area (Å²) in [6.45, 7) is 3.21. The second kappa shape index (κ2) is 15.7. The Hall–Kier alpha value is -4.12. The molecule has 0 bridgehead atoms. The van der Waals surface area contributed by atoms with Crippen molar-refractivity contribution < 1.29 is 23.9 Å². The highest BCUT2D eigenvalue weighted by molar-refractivity contribution is 6.35. The van der Waals surface area contributed by atoms with E-state index in [9.17, 15) is 19.2 Å². The van der Waals surface area contributed by atoms with E-state index in [1.165, 1.54) is 13.2 Å². The van der Waals surface area contributed by atoms with Gasteiger partial charge >= 0.3 is 5.97 Å². The fourth-order valence-electron chi connectivity index (χ4n) is 4.96. The van der Waals surface area contributed by atoms with Crippen molar-refractivity contribution in [2.75, 3.05) is 70.7 Å². The highest BCUT2D eigenvalue weighted by Crippen LogP contribution is 2.29. The molecule has 2 N–H and O–H groups in total. The number of nitrogens with zero attached hydrogens (tertiary/aromatic N) is 3. The molecule has 1 aliphatic rings. The number of benzene rings is 3. The number of piperazine rings is 1. The first-order chi connectivity index (χ1) is 21.5. The van der Waals surface area contributed by atoms with Gasteiger partial charge in [-0.05, 0) is 74.6 Å². The summed E-state index contributed by atoms with van der Waals surface area (Å²) in [4.78, 5) is 57.2. The number of esters is 1. The maximum atomic E-state index is 13.4. The first-order valence-electron chi connectivity index (χ1n) is 14.6. The number of methoxy groups -OCH3 is 1. The van der Waals surface area contributed by atoms with Crippen LogP contribution in [0, 0.1) is 0 Å². The van der Waals surface area contributed by atoms with Crippen LogP contribution >= 0.6 is 23.2 Å². The number of nitrogens with one attached hydrogen (secondary N) is 2. The lowest BCUT2D eigenvalue weighted by molar-refractivity contribution is -0.131. The molecule has 45 heavy (non-hydrogen) atoms. The number of amides is 3. The zero-order valence-corrected chi connectivity index (χ0v) is 27.1. The summed E-state index contributed by atoms with van der Waals surface area (Å²) in [6.07, 6.45) is 0.963. The Morgan fingerprint density at radius 2 is 1.58 bits per heavy atom. The van der Waals surface area contributed by atoms with E-state index in [-0.39, 0.29) is 22.9 Å². The fraction of sp³-hybridized carbons (Fsp3) is 0.333. The molecule has 0 aliphatic carbocycles. The van der Waals surface area contributed by atoms with Gasteiger partial charge in [-0.3, -0.25) is 14.4 Å². The van der Waals surface area contributed by atoms with Crippen molar-refractivity contribution in [3.63, 3.8) is 0 Å². The molecule has 3 aromatic rings. The Morgan fingerprint density at radius 3 is 2.27 bits per heavy atom. The minimum absolute atomic E-state index is 0.106. The quantitative estimate of drug-likeness (QED) is 0.291. The minimum Gasteiger partial charge on any atom is -0.465 e. The number of anilines is 2. The van der Waals surface area contributed by atoms with Gasteiger partial charge < -0.3 is 30.1 Å². The third-order valence-corrected chi connectivity index (χ3v) is 8.08. The number of ether oxygens (including phenoxy) is 1. The van der Waals surface area contributed by atoms with Crippen LogP contribution in [0.15, 0.2) is 60.7 Å². The van der Waals surface area contributed by atoms with Crippen LogP contribution in [0.3, 0.4) is 0 Å². The molecular formula is C33H37Cl2N5O5. The van der Waals surface area contributed by atoms with Crippen LogP contribution in [0.25, 0.3) is 0 Å². The van der Waals surface area contributed by atoms with Crippen LogP contribution in [-0.4, -0.2) is 94.0 Å². The molecule has 4 rings (SSSR count). The lowest BCUT2D eigenvalue weighted by Gasteiger charge is -2.37. The summed E-state index contributed by atoms with van der Waals surface area (Å²) in [5.74, 6) is -1.21. The number of hydrogen-bond acceptors (Lipinski definition) is 7. The third kappa shape index (κ3) is 9.20. The van der Waals surface area contributed by atoms with Gasteiger partial charge in [-0.15, -0.1) is 0 Å². The van der Waals surface area contributed by atoms with Gasteiger partial charge in [-0.25, -0.2) is 4.79 Å². The molecule has 0 radical (unpaired) electrons. The van der Waals surface area contributed by atoms with Crippen molar-refractivity contribution in [1.82, 2.24) is 15.1 Å². The second-order valence-electron chi connectivity index (χ2n) is 10.9. The van der Waals surface area contributed by atoms with Crippen LogP contribution in [-0.2, 0) is 16.0 Å². The molecule has 0 saturated carbocycles. The van der Waals surface area contributed by atoms with Gasteiger partial charge in [0.1, 0.15) is 0 Å². The number of rotatable bonds is 11. The van der Waals surface area contributed by atoms with Crippen LogP contribution < -0.4 is 15.5 Å².